The van der Waals surface area contributed by atoms with Gasteiger partial charge in [-0.2, -0.15) is 0 Å². The third-order valence-corrected chi connectivity index (χ3v) is 29.9. The van der Waals surface area contributed by atoms with Crippen LogP contribution < -0.4 is 36.5 Å². The summed E-state index contributed by atoms with van der Waals surface area (Å²) < 4.78 is 117. The third-order valence-electron chi connectivity index (χ3n) is 18.4. The zero-order chi connectivity index (χ0) is 61.3. The fourth-order valence-corrected chi connectivity index (χ4v) is 25.8. The minimum absolute atomic E-state index is 0.102. The average Bonchev–Trinajstić information content (AvgIpc) is 0.693. The summed E-state index contributed by atoms with van der Waals surface area (Å²) in [5.74, 6) is -0.774. The molecule has 3 nitrogen and oxygen atoms in total. The Morgan fingerprint density at radius 1 is 0.278 bits per heavy atom. The monoisotopic (exact) mass is 1230 g/mol. The Morgan fingerprint density at radius 2 is 0.544 bits per heavy atom. The molecule has 0 aromatic heterocycles. The van der Waals surface area contributed by atoms with Gasteiger partial charge in [0.25, 0.3) is 0 Å². The molecule has 0 N–H and O–H groups in total. The molecule has 15 rings (SSSR count). The number of hydrogen-bond acceptors (Lipinski definition) is 3. The van der Waals surface area contributed by atoms with E-state index < -0.39 is 50.2 Å². The number of rotatable bonds is 16. The Balaban J connectivity index is 1.10. The predicted molar refractivity (Wildman–Crippen MR) is 363 cm³/mol. The molecule has 15 aromatic carbocycles. The van der Waals surface area contributed by atoms with Gasteiger partial charge in [-0.25, -0.2) is 0 Å². The Hall–Kier alpha value is -9.40. The molecule has 0 bridgehead atoms. The number of hydrogen-bond donors (Lipinski definition) is 0. The second kappa shape index (κ2) is 21.7. The van der Waals surface area contributed by atoms with Crippen LogP contribution in [0.1, 0.15) is 22.3 Å². The van der Waals surface area contributed by atoms with Gasteiger partial charge < -0.3 is 0 Å². The van der Waals surface area contributed by atoms with Crippen molar-refractivity contribution in [2.24, 2.45) is 0 Å². The summed E-state index contributed by atoms with van der Waals surface area (Å²) in [6.07, 6.45) is -10.3. The van der Waals surface area contributed by atoms with Gasteiger partial charge in [0.15, 0.2) is 0 Å². The average molecular weight is 1230 g/mol. The van der Waals surface area contributed by atoms with Gasteiger partial charge in [-0.15, -0.1) is 0 Å². The number of halogens is 6. The Bertz CT molecular complexity index is 4570. The molecule has 0 aliphatic rings. The summed E-state index contributed by atoms with van der Waals surface area (Å²) in [4.78, 5) is 0. The molecule has 90 heavy (non-hydrogen) atoms. The molecule has 0 fully saturated rings. The first-order valence-electron chi connectivity index (χ1n) is 29.7. The molecule has 0 radical (unpaired) electrons. The van der Waals surface area contributed by atoms with Crippen molar-refractivity contribution in [3.63, 3.8) is 0 Å². The van der Waals surface area contributed by atoms with E-state index in [9.17, 15) is 0 Å². The summed E-state index contributed by atoms with van der Waals surface area (Å²) >= 11 is 0. The molecule has 0 amide bonds. The van der Waals surface area contributed by atoms with Crippen molar-refractivity contribution in [1.82, 2.24) is 0 Å². The van der Waals surface area contributed by atoms with Gasteiger partial charge in [-0.3, -0.25) is 0 Å². The van der Waals surface area contributed by atoms with Gasteiger partial charge in [-0.1, -0.05) is 0 Å². The molecule has 0 saturated carbocycles. The zero-order valence-electron chi connectivity index (χ0n) is 48.3. The van der Waals surface area contributed by atoms with Gasteiger partial charge in [-0.05, 0) is 0 Å². The maximum absolute atomic E-state index is 15.4. The van der Waals surface area contributed by atoms with Gasteiger partial charge in [0.1, 0.15) is 0 Å². The standard InChI is InChI=1S/C78H55BF6O3P2/c80-77(81,82)62-49-63(78(83,84)85)51-64(50-62)86-79(87-89(65-25-7-1-8-26-65,66-27-9-2-10-28-66,67-29-11-3-12-30-67)52-60-43-41-58-39-37-54-21-19-23-56-45-47-71(60)75(58)73(54)56)88-90(68-31-13-4-14-32-68,69-33-15-5-16-34-69,70-35-17-6-18-36-70)53-61-44-42-59-40-38-55-22-20-24-57-46-48-72(61)76(59)74(55)57/h1-51H,52-53H2. The molecular weight excluding hydrogens is 1170 g/mol. The molecule has 0 saturated heterocycles. The van der Waals surface area contributed by atoms with Crippen LogP contribution in [-0.4, -0.2) is 7.32 Å². The first-order valence-corrected chi connectivity index (χ1v) is 34.4. The van der Waals surface area contributed by atoms with Crippen molar-refractivity contribution in [2.45, 2.75) is 24.7 Å². The van der Waals surface area contributed by atoms with E-state index in [2.05, 4.69) is 97.1 Å². The quantitative estimate of drug-likeness (QED) is 0.0418. The zero-order valence-corrected chi connectivity index (χ0v) is 50.1. The van der Waals surface area contributed by atoms with E-state index in [-0.39, 0.29) is 18.4 Å². The second-order valence-corrected chi connectivity index (χ2v) is 32.3. The van der Waals surface area contributed by atoms with E-state index in [0.29, 0.717) is 44.0 Å². The van der Waals surface area contributed by atoms with Crippen molar-refractivity contribution in [2.75, 3.05) is 0 Å². The minimum atomic E-state index is -5.24. The van der Waals surface area contributed by atoms with Crippen molar-refractivity contribution in [1.29, 1.82) is 0 Å². The predicted octanol–water partition coefficient (Wildman–Crippen LogP) is 19.2. The van der Waals surface area contributed by atoms with E-state index >= 15 is 26.3 Å². The molecule has 0 aliphatic carbocycles. The molecule has 12 heteroatoms. The molecule has 15 aromatic rings. The van der Waals surface area contributed by atoms with Crippen LogP contribution in [0.2, 0.25) is 0 Å². The van der Waals surface area contributed by atoms with Crippen LogP contribution in [0.3, 0.4) is 0 Å². The first-order chi connectivity index (χ1) is 43.7. The summed E-state index contributed by atoms with van der Waals surface area (Å²) in [7, 11) is -2.16. The summed E-state index contributed by atoms with van der Waals surface area (Å²) in [5.41, 5.74) is -1.39. The molecule has 0 heterocycles. The molecule has 0 unspecified atom stereocenters. The van der Waals surface area contributed by atoms with Gasteiger partial charge in [0.05, 0.1) is 0 Å². The summed E-state index contributed by atoms with van der Waals surface area (Å²) in [6.45, 7) is -10.2. The first kappa shape index (κ1) is 57.1. The van der Waals surface area contributed by atoms with E-state index in [1.165, 1.54) is 0 Å². The Labute approximate surface area is 516 Å². The van der Waals surface area contributed by atoms with E-state index in [4.69, 9.17) is 13.5 Å². The Kier molecular flexibility index (Phi) is 13.8. The summed E-state index contributed by atoms with van der Waals surface area (Å²) in [5, 5.41) is 16.5. The van der Waals surface area contributed by atoms with Crippen molar-refractivity contribution in [3.05, 3.63) is 332 Å². The molecule has 0 atom stereocenters. The SMILES string of the molecule is FC(F)(F)c1cc(OB(OP(Cc2ccc3ccc4cccc5ccc2c3c45)(c2ccccc2)(c2ccccc2)c2ccccc2)OP(Cc2ccc3ccc4cccc5ccc2c3c45)(c2ccccc2)(c2ccccc2)c2ccccc2)cc(C(F)(F)F)c1. The van der Waals surface area contributed by atoms with Crippen LogP contribution >= 0.6 is 13.7 Å². The van der Waals surface area contributed by atoms with Gasteiger partial charge in [0, 0.05) is 0 Å². The van der Waals surface area contributed by atoms with E-state index in [1.807, 2.05) is 194 Å². The van der Waals surface area contributed by atoms with Crippen LogP contribution in [0.25, 0.3) is 64.6 Å². The maximum atomic E-state index is 15.4. The third kappa shape index (κ3) is 9.06. The number of benzene rings is 15. The molecule has 440 valence electrons. The van der Waals surface area contributed by atoms with Crippen molar-refractivity contribution < 1.29 is 39.9 Å². The molecular formula is C78H55BF6O3P2. The fourth-order valence-electron chi connectivity index (χ4n) is 14.4. The van der Waals surface area contributed by atoms with Gasteiger partial charge in [0.2, 0.25) is 0 Å². The van der Waals surface area contributed by atoms with E-state index in [0.717, 1.165) is 75.8 Å². The number of alkyl halides is 6. The van der Waals surface area contributed by atoms with E-state index in [1.54, 1.807) is 0 Å². The van der Waals surface area contributed by atoms with Crippen LogP contribution in [0.5, 0.6) is 5.75 Å². The fraction of sp³-hybridized carbons (Fsp3) is 0.0513. The van der Waals surface area contributed by atoms with Crippen LogP contribution in [-0.2, 0) is 33.6 Å². The normalized spacial score (nSPS) is 13.4. The topological polar surface area (TPSA) is 27.7 Å². The van der Waals surface area contributed by atoms with Crippen LogP contribution in [0.4, 0.5) is 26.3 Å². The summed E-state index contributed by atoms with van der Waals surface area (Å²) in [6, 6.07) is 98.1. The van der Waals surface area contributed by atoms with Crippen LogP contribution in [0, 0.1) is 0 Å². The molecule has 0 aliphatic heterocycles. The second-order valence-electron chi connectivity index (χ2n) is 23.3. The van der Waals surface area contributed by atoms with Crippen molar-refractivity contribution >= 4 is 117 Å². The van der Waals surface area contributed by atoms with Gasteiger partial charge >= 0.3 is 519 Å². The van der Waals surface area contributed by atoms with Crippen molar-refractivity contribution in [3.8, 4) is 5.75 Å². The molecule has 0 spiro atoms. The van der Waals surface area contributed by atoms with Crippen LogP contribution in [0.15, 0.2) is 309 Å². The Morgan fingerprint density at radius 3 is 0.833 bits per heavy atom.